The van der Waals surface area contributed by atoms with Gasteiger partial charge in [0.05, 0.1) is 23.3 Å². The molecule has 0 radical (unpaired) electrons. The van der Waals surface area contributed by atoms with Crippen molar-refractivity contribution >= 4 is 40.8 Å². The van der Waals surface area contributed by atoms with Crippen molar-refractivity contribution in [1.82, 2.24) is 20.9 Å². The Morgan fingerprint density at radius 3 is 2.44 bits per heavy atom. The highest BCUT2D eigenvalue weighted by atomic mass is 35.5. The highest BCUT2D eigenvalue weighted by molar-refractivity contribution is 7.09. The van der Waals surface area contributed by atoms with E-state index in [2.05, 4.69) is 20.9 Å². The lowest BCUT2D eigenvalue weighted by molar-refractivity contribution is -0.137. The zero-order chi connectivity index (χ0) is 24.7. The fourth-order valence-corrected chi connectivity index (χ4v) is 4.51. The second kappa shape index (κ2) is 8.73. The monoisotopic (exact) mass is 508 g/mol. The zero-order valence-electron chi connectivity index (χ0n) is 17.4. The third-order valence-electron chi connectivity index (χ3n) is 5.35. The molecule has 0 saturated carbocycles. The van der Waals surface area contributed by atoms with Crippen molar-refractivity contribution in [2.24, 2.45) is 0 Å². The largest absolute Gasteiger partial charge is 0.416 e. The summed E-state index contributed by atoms with van der Waals surface area (Å²) in [6.07, 6.45) is -4.49. The fraction of sp³-hybridized carbons (Fsp3) is 0.182. The van der Waals surface area contributed by atoms with Crippen LogP contribution in [-0.2, 0) is 16.5 Å². The number of carbonyl (C=O) groups excluding carboxylic acids is 3. The molecule has 0 spiro atoms. The summed E-state index contributed by atoms with van der Waals surface area (Å²) in [4.78, 5) is 42.6. The number of aromatic nitrogens is 1. The average Bonchev–Trinajstić information content (AvgIpc) is 3.34. The van der Waals surface area contributed by atoms with Crippen LogP contribution in [0.5, 0.6) is 0 Å². The van der Waals surface area contributed by atoms with E-state index < -0.39 is 35.1 Å². The molecule has 2 heterocycles. The molecule has 3 N–H and O–H groups in total. The maximum atomic E-state index is 13.1. The van der Waals surface area contributed by atoms with Crippen LogP contribution in [0.2, 0.25) is 5.02 Å². The van der Waals surface area contributed by atoms with E-state index in [0.717, 1.165) is 12.1 Å². The van der Waals surface area contributed by atoms with Crippen molar-refractivity contribution in [3.63, 3.8) is 0 Å². The summed E-state index contributed by atoms with van der Waals surface area (Å²) in [5.74, 6) is -1.31. The highest BCUT2D eigenvalue weighted by Gasteiger charge is 2.50. The van der Waals surface area contributed by atoms with Gasteiger partial charge in [-0.05, 0) is 42.3 Å². The molecule has 1 aromatic heterocycles. The van der Waals surface area contributed by atoms with Gasteiger partial charge in [-0.25, -0.2) is 9.78 Å². The molecule has 4 rings (SSSR count). The van der Waals surface area contributed by atoms with Crippen molar-refractivity contribution in [1.29, 1.82) is 0 Å². The molecule has 1 unspecified atom stereocenters. The summed E-state index contributed by atoms with van der Waals surface area (Å²) < 4.78 is 38.8. The van der Waals surface area contributed by atoms with Gasteiger partial charge in [0, 0.05) is 15.5 Å². The summed E-state index contributed by atoms with van der Waals surface area (Å²) in [5, 5.41) is 7.57. The van der Waals surface area contributed by atoms with Gasteiger partial charge in [-0.1, -0.05) is 29.8 Å². The molecule has 7 nitrogen and oxygen atoms in total. The first-order chi connectivity index (χ1) is 16.0. The van der Waals surface area contributed by atoms with Crippen LogP contribution >= 0.6 is 22.9 Å². The molecular weight excluding hydrogens is 493 g/mol. The Morgan fingerprint density at radius 2 is 1.88 bits per heavy atom. The van der Waals surface area contributed by atoms with Crippen LogP contribution in [0.1, 0.15) is 26.5 Å². The van der Waals surface area contributed by atoms with E-state index in [1.165, 1.54) is 47.2 Å². The molecule has 12 heteroatoms. The van der Waals surface area contributed by atoms with Gasteiger partial charge in [-0.3, -0.25) is 14.9 Å². The molecule has 1 saturated heterocycles. The van der Waals surface area contributed by atoms with Crippen molar-refractivity contribution in [2.75, 3.05) is 6.54 Å². The third-order valence-corrected chi connectivity index (χ3v) is 6.35. The molecule has 3 aromatic rings. The minimum Gasteiger partial charge on any atom is -0.349 e. The van der Waals surface area contributed by atoms with Gasteiger partial charge in [-0.2, -0.15) is 13.2 Å². The van der Waals surface area contributed by atoms with Crippen LogP contribution in [0.4, 0.5) is 18.0 Å². The molecule has 4 amide bonds. The Morgan fingerprint density at radius 1 is 1.18 bits per heavy atom. The molecule has 1 aliphatic heterocycles. The standard InChI is InChI=1S/C22H16ClF3N4O3S/c1-11-17(28-10-34-11)21(19(32)29-20(33)30-21)9-27-18(31)16-8-14(23)6-7-15(16)12-2-4-13(5-3-12)22(24,25)26/h2-8,10H,9H2,1H3,(H,27,31)(H2,29,30,32,33). The topological polar surface area (TPSA) is 100 Å². The van der Waals surface area contributed by atoms with E-state index in [0.29, 0.717) is 21.7 Å². The Hall–Kier alpha value is -3.44. The minimum absolute atomic E-state index is 0.0853. The van der Waals surface area contributed by atoms with E-state index in [1.54, 1.807) is 6.92 Å². The van der Waals surface area contributed by atoms with Gasteiger partial charge < -0.3 is 10.6 Å². The molecule has 1 fully saturated rings. The fourth-order valence-electron chi connectivity index (χ4n) is 3.69. The lowest BCUT2D eigenvalue weighted by Gasteiger charge is -2.25. The second-order valence-corrected chi connectivity index (χ2v) is 9.01. The van der Waals surface area contributed by atoms with Crippen molar-refractivity contribution in [3.8, 4) is 11.1 Å². The SMILES string of the molecule is Cc1scnc1C1(CNC(=O)c2cc(Cl)ccc2-c2ccc(C(F)(F)F)cc2)NC(=O)NC1=O. The minimum atomic E-state index is -4.49. The Balaban J connectivity index is 1.65. The Kier molecular flexibility index (Phi) is 6.09. The summed E-state index contributed by atoms with van der Waals surface area (Å²) in [5.41, 5.74) is 0.189. The number of carbonyl (C=O) groups is 3. The number of rotatable bonds is 5. The summed E-state index contributed by atoms with van der Waals surface area (Å²) in [6, 6.07) is 8.04. The first-order valence-electron chi connectivity index (χ1n) is 9.81. The van der Waals surface area contributed by atoms with E-state index in [4.69, 9.17) is 11.6 Å². The first-order valence-corrected chi connectivity index (χ1v) is 11.1. The molecule has 1 aliphatic rings. The number of alkyl halides is 3. The number of nitrogens with zero attached hydrogens (tertiary/aromatic N) is 1. The summed E-state index contributed by atoms with van der Waals surface area (Å²) in [6.45, 7) is 1.42. The molecule has 0 aliphatic carbocycles. The summed E-state index contributed by atoms with van der Waals surface area (Å²) in [7, 11) is 0. The highest BCUT2D eigenvalue weighted by Crippen LogP contribution is 2.33. The van der Waals surface area contributed by atoms with Crippen molar-refractivity contribution < 1.29 is 27.6 Å². The van der Waals surface area contributed by atoms with Crippen LogP contribution in [0.25, 0.3) is 11.1 Å². The predicted molar refractivity (Wildman–Crippen MR) is 119 cm³/mol. The predicted octanol–water partition coefficient (Wildman–Crippen LogP) is 4.26. The number of hydrogen-bond acceptors (Lipinski definition) is 5. The summed E-state index contributed by atoms with van der Waals surface area (Å²) >= 11 is 7.35. The number of hydrogen-bond donors (Lipinski definition) is 3. The molecule has 1 atom stereocenters. The number of amides is 4. The number of imide groups is 1. The van der Waals surface area contributed by atoms with Crippen molar-refractivity contribution in [2.45, 2.75) is 18.6 Å². The maximum Gasteiger partial charge on any atom is 0.416 e. The normalized spacial score (nSPS) is 17.9. The van der Waals surface area contributed by atoms with Gasteiger partial charge in [0.25, 0.3) is 11.8 Å². The molecular formula is C22H16ClF3N4O3S. The number of thiazole rings is 1. The van der Waals surface area contributed by atoms with Crippen LogP contribution in [0, 0.1) is 6.92 Å². The van der Waals surface area contributed by atoms with Crippen LogP contribution < -0.4 is 16.0 Å². The second-order valence-electron chi connectivity index (χ2n) is 7.52. The molecule has 34 heavy (non-hydrogen) atoms. The number of nitrogens with one attached hydrogen (secondary N) is 3. The van der Waals surface area contributed by atoms with Crippen LogP contribution in [0.15, 0.2) is 48.0 Å². The Labute approximate surface area is 200 Å². The van der Waals surface area contributed by atoms with Gasteiger partial charge in [0.1, 0.15) is 0 Å². The first kappa shape index (κ1) is 23.7. The smallest absolute Gasteiger partial charge is 0.349 e. The van der Waals surface area contributed by atoms with Gasteiger partial charge in [0.15, 0.2) is 5.54 Å². The Bertz CT molecular complexity index is 1290. The van der Waals surface area contributed by atoms with Gasteiger partial charge in [0.2, 0.25) is 0 Å². The quantitative estimate of drug-likeness (QED) is 0.448. The van der Waals surface area contributed by atoms with Crippen molar-refractivity contribution in [3.05, 3.63) is 74.7 Å². The van der Waals surface area contributed by atoms with Crippen LogP contribution in [0.3, 0.4) is 0 Å². The average molecular weight is 509 g/mol. The lowest BCUT2D eigenvalue weighted by Crippen LogP contribution is -2.53. The van der Waals surface area contributed by atoms with E-state index >= 15 is 0 Å². The number of urea groups is 1. The lowest BCUT2D eigenvalue weighted by atomic mass is 9.93. The maximum absolute atomic E-state index is 13.1. The molecule has 176 valence electrons. The molecule has 0 bridgehead atoms. The number of halogens is 4. The number of benzene rings is 2. The van der Waals surface area contributed by atoms with E-state index in [-0.39, 0.29) is 17.1 Å². The zero-order valence-corrected chi connectivity index (χ0v) is 19.0. The van der Waals surface area contributed by atoms with Crippen LogP contribution in [-0.4, -0.2) is 29.4 Å². The van der Waals surface area contributed by atoms with Gasteiger partial charge in [-0.15, -0.1) is 11.3 Å². The molecule has 2 aromatic carbocycles. The van der Waals surface area contributed by atoms with E-state index in [1.807, 2.05) is 0 Å². The number of aryl methyl sites for hydroxylation is 1. The van der Waals surface area contributed by atoms with Gasteiger partial charge >= 0.3 is 12.2 Å². The van der Waals surface area contributed by atoms with E-state index in [9.17, 15) is 27.6 Å². The third kappa shape index (κ3) is 4.36.